The molecule has 1 atom stereocenters. The Bertz CT molecular complexity index is 1370. The third-order valence-corrected chi connectivity index (χ3v) is 7.19. The molecule has 0 saturated carbocycles. The summed E-state index contributed by atoms with van der Waals surface area (Å²) in [6.07, 6.45) is 0.334. The number of ether oxygens (including phenoxy) is 2. The maximum absolute atomic E-state index is 13.4. The number of anilines is 2. The minimum Gasteiger partial charge on any atom is -0.434 e. The van der Waals surface area contributed by atoms with E-state index in [0.29, 0.717) is 19.5 Å². The van der Waals surface area contributed by atoms with E-state index in [0.717, 1.165) is 0 Å². The zero-order valence-electron chi connectivity index (χ0n) is 20.2. The number of rotatable bonds is 12. The molecule has 1 heterocycles. The number of benzene rings is 2. The van der Waals surface area contributed by atoms with Crippen LogP contribution in [0.1, 0.15) is 27.1 Å². The first-order valence-corrected chi connectivity index (χ1v) is 13.4. The summed E-state index contributed by atoms with van der Waals surface area (Å²) < 4.78 is 33.7. The van der Waals surface area contributed by atoms with E-state index in [1.54, 1.807) is 53.4 Å². The van der Waals surface area contributed by atoms with Gasteiger partial charge in [0.15, 0.2) is 0 Å². The van der Waals surface area contributed by atoms with E-state index in [-0.39, 0.29) is 35.2 Å². The minimum atomic E-state index is -4.11. The van der Waals surface area contributed by atoms with Gasteiger partial charge in [-0.05, 0) is 30.7 Å². The van der Waals surface area contributed by atoms with Crippen LogP contribution in [0.4, 0.5) is 11.4 Å². The second kappa shape index (κ2) is 12.6. The molecule has 12 nitrogen and oxygen atoms in total. The zero-order valence-corrected chi connectivity index (χ0v) is 21.1. The lowest BCUT2D eigenvalue weighted by molar-refractivity contribution is -0.260. The van der Waals surface area contributed by atoms with Crippen LogP contribution in [0.2, 0.25) is 0 Å². The Morgan fingerprint density at radius 3 is 2.11 bits per heavy atom. The van der Waals surface area contributed by atoms with Gasteiger partial charge in [0.25, 0.3) is 10.9 Å². The Morgan fingerprint density at radius 2 is 1.47 bits per heavy atom. The van der Waals surface area contributed by atoms with Crippen molar-refractivity contribution in [3.05, 3.63) is 92.2 Å². The minimum absolute atomic E-state index is 0.0105. The van der Waals surface area contributed by atoms with Crippen molar-refractivity contribution in [1.82, 2.24) is 0 Å². The number of nitrogens with zero attached hydrogens (tertiary/aromatic N) is 1. The van der Waals surface area contributed by atoms with Crippen LogP contribution in [0.15, 0.2) is 70.3 Å². The van der Waals surface area contributed by atoms with Gasteiger partial charge in [0.05, 0.1) is 17.3 Å². The number of nitrogens with one attached hydrogen (secondary N) is 1. The third kappa shape index (κ3) is 6.73. The Balaban J connectivity index is 1.36. The van der Waals surface area contributed by atoms with Crippen molar-refractivity contribution in [1.29, 1.82) is 0 Å². The number of hydrogen-bond acceptors (Lipinski definition) is 12. The van der Waals surface area contributed by atoms with Gasteiger partial charge < -0.3 is 19.7 Å². The number of carbonyl (C=O) groups excluding carboxylic acids is 2. The largest absolute Gasteiger partial charge is 0.434 e. The molecule has 0 radical (unpaired) electrons. The number of esters is 2. The molecule has 0 amide bonds. The molecule has 38 heavy (non-hydrogen) atoms. The Kier molecular flexibility index (Phi) is 9.03. The van der Waals surface area contributed by atoms with E-state index in [1.165, 1.54) is 12.1 Å². The number of fused-ring (bicyclic) bond motifs is 1. The van der Waals surface area contributed by atoms with Gasteiger partial charge in [0.1, 0.15) is 11.4 Å². The van der Waals surface area contributed by atoms with Crippen molar-refractivity contribution in [3.8, 4) is 0 Å². The van der Waals surface area contributed by atoms with E-state index in [2.05, 4.69) is 5.32 Å². The molecule has 3 aromatic rings. The van der Waals surface area contributed by atoms with Crippen LogP contribution >= 0.6 is 7.60 Å². The predicted octanol–water partition coefficient (Wildman–Crippen LogP) is 2.69. The zero-order chi connectivity index (χ0) is 27.0. The highest BCUT2D eigenvalue weighted by atomic mass is 31.2. The third-order valence-electron chi connectivity index (χ3n) is 5.61. The van der Waals surface area contributed by atoms with Gasteiger partial charge >= 0.3 is 19.5 Å². The Labute approximate surface area is 217 Å². The van der Waals surface area contributed by atoms with Crippen LogP contribution in [0.25, 0.3) is 0 Å². The molecular formula is C25H25N2O10P. The van der Waals surface area contributed by atoms with Crippen molar-refractivity contribution >= 4 is 30.9 Å². The van der Waals surface area contributed by atoms with Gasteiger partial charge in [-0.3, -0.25) is 18.7 Å². The van der Waals surface area contributed by atoms with Crippen LogP contribution in [0.3, 0.4) is 0 Å². The Morgan fingerprint density at radius 1 is 0.868 bits per heavy atom. The molecule has 1 aliphatic heterocycles. The summed E-state index contributed by atoms with van der Waals surface area (Å²) in [7, 11) is -4.11. The smallest absolute Gasteiger partial charge is 0.362 e. The first kappa shape index (κ1) is 27.2. The van der Waals surface area contributed by atoms with Crippen molar-refractivity contribution in [3.63, 3.8) is 0 Å². The molecule has 1 aliphatic rings. The van der Waals surface area contributed by atoms with Crippen molar-refractivity contribution in [2.24, 2.45) is 0 Å². The topological polar surface area (TPSA) is 147 Å². The lowest BCUT2D eigenvalue weighted by Gasteiger charge is -2.26. The van der Waals surface area contributed by atoms with Crippen LogP contribution in [-0.2, 0) is 28.1 Å². The van der Waals surface area contributed by atoms with Crippen LogP contribution in [-0.4, -0.2) is 51.3 Å². The van der Waals surface area contributed by atoms with Gasteiger partial charge in [0.2, 0.25) is 13.6 Å². The molecule has 0 aromatic heterocycles. The summed E-state index contributed by atoms with van der Waals surface area (Å²) in [6, 6.07) is 16.3. The van der Waals surface area contributed by atoms with Gasteiger partial charge in [-0.2, -0.15) is 4.89 Å². The van der Waals surface area contributed by atoms with E-state index in [9.17, 15) is 23.7 Å². The van der Waals surface area contributed by atoms with Crippen LogP contribution in [0, 0.1) is 0 Å². The first-order valence-electron chi connectivity index (χ1n) is 11.7. The standard InChI is InChI=1S/C25H25N2O10P/c28-22-20-21(23(22)29)27(13-7-12-26-20)14-15-38(32,36-17-34-25(31)19-10-5-2-6-11-19)37-35-16-33-24(30)18-8-3-1-4-9-18/h1-6,8-11,26H,7,12-17H2. The fourth-order valence-electron chi connectivity index (χ4n) is 3.69. The summed E-state index contributed by atoms with van der Waals surface area (Å²) in [6.45, 7) is -0.476. The summed E-state index contributed by atoms with van der Waals surface area (Å²) >= 11 is 0. The average molecular weight is 544 g/mol. The molecular weight excluding hydrogens is 519 g/mol. The van der Waals surface area contributed by atoms with Crippen molar-refractivity contribution in [2.75, 3.05) is 49.6 Å². The fourth-order valence-corrected chi connectivity index (χ4v) is 4.84. The lowest BCUT2D eigenvalue weighted by Crippen LogP contribution is -2.42. The molecule has 0 bridgehead atoms. The van der Waals surface area contributed by atoms with Gasteiger partial charge in [-0.1, -0.05) is 36.4 Å². The Hall–Kier alpha value is -3.83. The molecule has 0 spiro atoms. The summed E-state index contributed by atoms with van der Waals surface area (Å²) in [5, 5.41) is 2.92. The van der Waals surface area contributed by atoms with E-state index in [1.807, 2.05) is 0 Å². The van der Waals surface area contributed by atoms with E-state index in [4.69, 9.17) is 23.6 Å². The maximum atomic E-state index is 13.4. The highest BCUT2D eigenvalue weighted by Gasteiger charge is 2.32. The fraction of sp³-hybridized carbons (Fsp3) is 0.280. The summed E-state index contributed by atoms with van der Waals surface area (Å²) in [5.41, 5.74) is -0.245. The summed E-state index contributed by atoms with van der Waals surface area (Å²) in [5.74, 6) is -1.40. The van der Waals surface area contributed by atoms with Crippen molar-refractivity contribution < 1.29 is 37.7 Å². The second-order valence-electron chi connectivity index (χ2n) is 8.14. The second-order valence-corrected chi connectivity index (χ2v) is 10.2. The van der Waals surface area contributed by atoms with E-state index >= 15 is 0 Å². The van der Waals surface area contributed by atoms with Gasteiger partial charge in [0, 0.05) is 19.6 Å². The highest BCUT2D eigenvalue weighted by molar-refractivity contribution is 7.53. The molecule has 200 valence electrons. The molecule has 0 aliphatic carbocycles. The SMILES string of the molecule is O=C(OCOOP(=O)(CCN1CCCNc2c1c(=O)c2=O)OCOC(=O)c1ccccc1)c1ccccc1. The molecule has 3 aromatic carbocycles. The van der Waals surface area contributed by atoms with Gasteiger partial charge in [-0.25, -0.2) is 9.59 Å². The molecule has 4 rings (SSSR count). The van der Waals surface area contributed by atoms with Crippen LogP contribution in [0.5, 0.6) is 0 Å². The molecule has 0 fully saturated rings. The molecule has 1 N–H and O–H groups in total. The first-order chi connectivity index (χ1) is 18.4. The van der Waals surface area contributed by atoms with Crippen LogP contribution < -0.4 is 21.1 Å². The molecule has 0 saturated heterocycles. The van der Waals surface area contributed by atoms with E-state index < -0.39 is 44.0 Å². The normalized spacial score (nSPS) is 14.6. The van der Waals surface area contributed by atoms with Gasteiger partial charge in [-0.15, -0.1) is 4.67 Å². The molecule has 1 unspecified atom stereocenters. The summed E-state index contributed by atoms with van der Waals surface area (Å²) in [4.78, 5) is 54.7. The average Bonchev–Trinajstić information content (AvgIpc) is 3.15. The number of carbonyl (C=O) groups is 2. The molecule has 13 heteroatoms. The highest BCUT2D eigenvalue weighted by Crippen LogP contribution is 2.48. The predicted molar refractivity (Wildman–Crippen MR) is 136 cm³/mol. The number of hydrogen-bond donors (Lipinski definition) is 1. The quantitative estimate of drug-likeness (QED) is 0.0680. The monoisotopic (exact) mass is 544 g/mol. The van der Waals surface area contributed by atoms with Crippen molar-refractivity contribution in [2.45, 2.75) is 6.42 Å². The lowest BCUT2D eigenvalue weighted by atomic mass is 10.2. The maximum Gasteiger partial charge on any atom is 0.362 e.